The summed E-state index contributed by atoms with van der Waals surface area (Å²) in [5.74, 6) is 2.14. The van der Waals surface area contributed by atoms with Crippen LogP contribution in [0.5, 0.6) is 0 Å². The third-order valence-corrected chi connectivity index (χ3v) is 4.93. The van der Waals surface area contributed by atoms with E-state index >= 15 is 0 Å². The minimum Gasteiger partial charge on any atom is -0.394 e. The number of nitrogens with zero attached hydrogens (tertiary/aromatic N) is 1. The van der Waals surface area contributed by atoms with Gasteiger partial charge in [-0.25, -0.2) is 0 Å². The van der Waals surface area contributed by atoms with E-state index in [1.165, 1.54) is 19.3 Å². The van der Waals surface area contributed by atoms with Gasteiger partial charge < -0.3 is 10.0 Å². The van der Waals surface area contributed by atoms with Crippen molar-refractivity contribution in [3.8, 4) is 0 Å². The number of amides is 1. The Kier molecular flexibility index (Phi) is 2.66. The molecule has 1 N–H and O–H groups in total. The average molecular weight is 223 g/mol. The lowest BCUT2D eigenvalue weighted by atomic mass is 9.87. The minimum absolute atomic E-state index is 0.117. The van der Waals surface area contributed by atoms with Crippen molar-refractivity contribution in [1.29, 1.82) is 0 Å². The monoisotopic (exact) mass is 223 g/mol. The van der Waals surface area contributed by atoms with E-state index in [0.717, 1.165) is 31.7 Å². The fourth-order valence-corrected chi connectivity index (χ4v) is 4.08. The van der Waals surface area contributed by atoms with Crippen molar-refractivity contribution in [3.63, 3.8) is 0 Å². The molecule has 0 aromatic carbocycles. The lowest BCUT2D eigenvalue weighted by molar-refractivity contribution is -0.138. The zero-order valence-electron chi connectivity index (χ0n) is 9.77. The van der Waals surface area contributed by atoms with E-state index < -0.39 is 0 Å². The standard InChI is InChI=1S/C13H21NO2/c15-8-11-2-1-5-14(11)13(16)12-7-9-3-4-10(12)6-9/h9-12,15H,1-8H2. The molecule has 3 rings (SSSR count). The number of hydrogen-bond donors (Lipinski definition) is 1. The summed E-state index contributed by atoms with van der Waals surface area (Å²) in [5.41, 5.74) is 0. The van der Waals surface area contributed by atoms with Gasteiger partial charge in [0.05, 0.1) is 12.6 Å². The number of aliphatic hydroxyl groups is 1. The number of hydrogen-bond acceptors (Lipinski definition) is 2. The van der Waals surface area contributed by atoms with Gasteiger partial charge in [-0.15, -0.1) is 0 Å². The molecule has 2 saturated carbocycles. The van der Waals surface area contributed by atoms with Gasteiger partial charge in [0.25, 0.3) is 0 Å². The topological polar surface area (TPSA) is 40.5 Å². The molecule has 2 bridgehead atoms. The smallest absolute Gasteiger partial charge is 0.226 e. The summed E-state index contributed by atoms with van der Waals surface area (Å²) in [6, 6.07) is 0.117. The van der Waals surface area contributed by atoms with Crippen molar-refractivity contribution in [2.75, 3.05) is 13.2 Å². The summed E-state index contributed by atoms with van der Waals surface area (Å²) in [6.45, 7) is 1.02. The van der Waals surface area contributed by atoms with Crippen LogP contribution in [-0.2, 0) is 4.79 Å². The van der Waals surface area contributed by atoms with Gasteiger partial charge in [-0.3, -0.25) is 4.79 Å². The molecule has 0 aromatic rings. The molecule has 3 nitrogen and oxygen atoms in total. The Hall–Kier alpha value is -0.570. The fraction of sp³-hybridized carbons (Fsp3) is 0.923. The van der Waals surface area contributed by atoms with Crippen LogP contribution in [0.3, 0.4) is 0 Å². The fourth-order valence-electron chi connectivity index (χ4n) is 4.08. The molecule has 4 unspecified atom stereocenters. The van der Waals surface area contributed by atoms with E-state index in [9.17, 15) is 9.90 Å². The van der Waals surface area contributed by atoms with Crippen LogP contribution in [0.2, 0.25) is 0 Å². The maximum atomic E-state index is 12.4. The molecule has 0 radical (unpaired) electrons. The van der Waals surface area contributed by atoms with E-state index in [2.05, 4.69) is 0 Å². The van der Waals surface area contributed by atoms with Gasteiger partial charge in [-0.05, 0) is 43.9 Å². The predicted octanol–water partition coefficient (Wildman–Crippen LogP) is 1.41. The second-order valence-electron chi connectivity index (χ2n) is 5.79. The van der Waals surface area contributed by atoms with Gasteiger partial charge in [0.15, 0.2) is 0 Å². The van der Waals surface area contributed by atoms with Crippen LogP contribution in [0.15, 0.2) is 0 Å². The zero-order chi connectivity index (χ0) is 11.1. The summed E-state index contributed by atoms with van der Waals surface area (Å²) in [6.07, 6.45) is 7.07. The highest BCUT2D eigenvalue weighted by molar-refractivity contribution is 5.80. The second-order valence-corrected chi connectivity index (χ2v) is 5.79. The molecule has 1 aliphatic heterocycles. The van der Waals surface area contributed by atoms with Gasteiger partial charge in [-0.1, -0.05) is 6.42 Å². The first kappa shape index (κ1) is 10.6. The first-order valence-electron chi connectivity index (χ1n) is 6.71. The van der Waals surface area contributed by atoms with Crippen LogP contribution in [0, 0.1) is 17.8 Å². The zero-order valence-corrected chi connectivity index (χ0v) is 9.77. The van der Waals surface area contributed by atoms with Gasteiger partial charge in [0, 0.05) is 12.5 Å². The van der Waals surface area contributed by atoms with Crippen molar-refractivity contribution in [1.82, 2.24) is 4.90 Å². The van der Waals surface area contributed by atoms with Gasteiger partial charge >= 0.3 is 0 Å². The first-order valence-corrected chi connectivity index (χ1v) is 6.71. The number of rotatable bonds is 2. The van der Waals surface area contributed by atoms with Crippen LogP contribution >= 0.6 is 0 Å². The molecule has 0 aromatic heterocycles. The molecule has 3 heteroatoms. The summed E-state index contributed by atoms with van der Waals surface area (Å²) in [5, 5.41) is 9.27. The quantitative estimate of drug-likeness (QED) is 0.769. The highest BCUT2D eigenvalue weighted by Gasteiger charge is 2.45. The molecule has 0 spiro atoms. The van der Waals surface area contributed by atoms with E-state index in [1.807, 2.05) is 4.90 Å². The summed E-state index contributed by atoms with van der Waals surface area (Å²) >= 11 is 0. The SMILES string of the molecule is O=C(C1CC2CCC1C2)N1CCCC1CO. The third-order valence-electron chi connectivity index (χ3n) is 4.93. The Bertz CT molecular complexity index is 284. The highest BCUT2D eigenvalue weighted by Crippen LogP contribution is 2.49. The lowest BCUT2D eigenvalue weighted by Crippen LogP contribution is -2.42. The van der Waals surface area contributed by atoms with E-state index in [0.29, 0.717) is 17.7 Å². The third kappa shape index (κ3) is 1.56. The van der Waals surface area contributed by atoms with Gasteiger partial charge in [0.1, 0.15) is 0 Å². The van der Waals surface area contributed by atoms with Crippen LogP contribution in [0.4, 0.5) is 0 Å². The highest BCUT2D eigenvalue weighted by atomic mass is 16.3. The van der Waals surface area contributed by atoms with Crippen molar-refractivity contribution in [2.45, 2.75) is 44.6 Å². The number of aliphatic hydroxyl groups excluding tert-OH is 1. The molecule has 16 heavy (non-hydrogen) atoms. The first-order chi connectivity index (χ1) is 7.79. The molecule has 4 atom stereocenters. The Morgan fingerprint density at radius 2 is 2.12 bits per heavy atom. The molecule has 3 aliphatic rings. The van der Waals surface area contributed by atoms with Crippen molar-refractivity contribution in [2.24, 2.45) is 17.8 Å². The van der Waals surface area contributed by atoms with Crippen LogP contribution in [0.25, 0.3) is 0 Å². The molecular weight excluding hydrogens is 202 g/mol. The maximum Gasteiger partial charge on any atom is 0.226 e. The predicted molar refractivity (Wildman–Crippen MR) is 60.8 cm³/mol. The Labute approximate surface area is 96.8 Å². The van der Waals surface area contributed by atoms with Crippen molar-refractivity contribution >= 4 is 5.91 Å². The molecule has 3 fully saturated rings. The molecule has 1 amide bonds. The summed E-state index contributed by atoms with van der Waals surface area (Å²) < 4.78 is 0. The lowest BCUT2D eigenvalue weighted by Gasteiger charge is -2.29. The molecule has 1 heterocycles. The number of carbonyl (C=O) groups is 1. The summed E-state index contributed by atoms with van der Waals surface area (Å²) in [7, 11) is 0. The van der Waals surface area contributed by atoms with E-state index in [-0.39, 0.29) is 12.6 Å². The molecule has 2 aliphatic carbocycles. The molecular formula is C13H21NO2. The molecule has 90 valence electrons. The number of fused-ring (bicyclic) bond motifs is 2. The largest absolute Gasteiger partial charge is 0.394 e. The Morgan fingerprint density at radius 3 is 2.75 bits per heavy atom. The van der Waals surface area contributed by atoms with Gasteiger partial charge in [-0.2, -0.15) is 0 Å². The van der Waals surface area contributed by atoms with E-state index in [1.54, 1.807) is 0 Å². The second kappa shape index (κ2) is 4.02. The van der Waals surface area contributed by atoms with Crippen LogP contribution in [-0.4, -0.2) is 35.1 Å². The van der Waals surface area contributed by atoms with Gasteiger partial charge in [0.2, 0.25) is 5.91 Å². The normalized spacial score (nSPS) is 41.9. The number of carbonyl (C=O) groups excluding carboxylic acids is 1. The Balaban J connectivity index is 1.68. The summed E-state index contributed by atoms with van der Waals surface area (Å²) in [4.78, 5) is 14.4. The van der Waals surface area contributed by atoms with E-state index in [4.69, 9.17) is 0 Å². The van der Waals surface area contributed by atoms with Crippen LogP contribution in [0.1, 0.15) is 38.5 Å². The van der Waals surface area contributed by atoms with Crippen molar-refractivity contribution in [3.05, 3.63) is 0 Å². The van der Waals surface area contributed by atoms with Crippen LogP contribution < -0.4 is 0 Å². The Morgan fingerprint density at radius 1 is 1.25 bits per heavy atom. The number of likely N-dealkylation sites (tertiary alicyclic amines) is 1. The average Bonchev–Trinajstić information content (AvgIpc) is 3.02. The maximum absolute atomic E-state index is 12.4. The minimum atomic E-state index is 0.117. The van der Waals surface area contributed by atoms with Crippen molar-refractivity contribution < 1.29 is 9.90 Å². The molecule has 1 saturated heterocycles.